The van der Waals surface area contributed by atoms with Crippen LogP contribution < -0.4 is 10.0 Å². The number of nitrogens with zero attached hydrogens (tertiary/aromatic N) is 1. The van der Waals surface area contributed by atoms with Gasteiger partial charge in [0.2, 0.25) is 0 Å². The summed E-state index contributed by atoms with van der Waals surface area (Å²) in [6.07, 6.45) is 4.92. The number of anilines is 1. The van der Waals surface area contributed by atoms with E-state index in [0.29, 0.717) is 0 Å². The van der Waals surface area contributed by atoms with Crippen molar-refractivity contribution in [3.63, 3.8) is 0 Å². The van der Waals surface area contributed by atoms with Gasteiger partial charge in [0.25, 0.3) is 0 Å². The number of halogens is 1. The SMILES string of the molecule is CN/S(=N\C(=O)Nc1c2c(c(F)c3c1CCC3)CCC2)c1cc(C(C)(C)O)cs1. The molecule has 4 rings (SSSR count). The van der Waals surface area contributed by atoms with E-state index in [2.05, 4.69) is 14.4 Å². The van der Waals surface area contributed by atoms with Crippen LogP contribution in [0.25, 0.3) is 0 Å². The minimum absolute atomic E-state index is 0.0485. The van der Waals surface area contributed by atoms with Crippen LogP contribution in [0.5, 0.6) is 0 Å². The third-order valence-corrected chi connectivity index (χ3v) is 8.36. The van der Waals surface area contributed by atoms with Crippen LogP contribution >= 0.6 is 11.3 Å². The van der Waals surface area contributed by atoms with E-state index in [9.17, 15) is 14.3 Å². The number of thiophene rings is 1. The molecule has 1 unspecified atom stereocenters. The number of carbonyl (C=O) groups excluding carboxylic acids is 1. The third kappa shape index (κ3) is 3.91. The zero-order valence-electron chi connectivity index (χ0n) is 16.9. The van der Waals surface area contributed by atoms with Gasteiger partial charge in [-0.2, -0.15) is 4.36 Å². The van der Waals surface area contributed by atoms with Crippen LogP contribution in [0.2, 0.25) is 0 Å². The fourth-order valence-electron chi connectivity index (χ4n) is 4.18. The van der Waals surface area contributed by atoms with Crippen molar-refractivity contribution in [2.75, 3.05) is 12.4 Å². The molecule has 0 spiro atoms. The Hall–Kier alpha value is -1.61. The van der Waals surface area contributed by atoms with Gasteiger partial charge in [-0.3, -0.25) is 4.72 Å². The van der Waals surface area contributed by atoms with Gasteiger partial charge in [0, 0.05) is 16.6 Å². The zero-order valence-corrected chi connectivity index (χ0v) is 18.5. The first-order chi connectivity index (χ1) is 13.8. The number of hydrogen-bond acceptors (Lipinski definition) is 3. The fraction of sp³-hybridized carbons (Fsp3) is 0.476. The highest BCUT2D eigenvalue weighted by atomic mass is 32.2. The highest BCUT2D eigenvalue weighted by molar-refractivity contribution is 7.87. The Bertz CT molecular complexity index is 973. The molecular weight excluding hydrogens is 409 g/mol. The van der Waals surface area contributed by atoms with Crippen molar-refractivity contribution in [1.82, 2.24) is 4.72 Å². The van der Waals surface area contributed by atoms with Gasteiger partial charge in [0.1, 0.15) is 5.82 Å². The fourth-order valence-corrected chi connectivity index (χ4v) is 6.68. The van der Waals surface area contributed by atoms with E-state index in [1.807, 2.05) is 11.4 Å². The lowest BCUT2D eigenvalue weighted by Crippen LogP contribution is -2.17. The largest absolute Gasteiger partial charge is 0.386 e. The summed E-state index contributed by atoms with van der Waals surface area (Å²) < 4.78 is 23.1. The molecule has 0 fully saturated rings. The van der Waals surface area contributed by atoms with Crippen molar-refractivity contribution >= 4 is 33.9 Å². The number of fused-ring (bicyclic) bond motifs is 2. The van der Waals surface area contributed by atoms with Crippen molar-refractivity contribution in [2.45, 2.75) is 62.2 Å². The molecule has 1 atom stereocenters. The molecule has 1 aromatic carbocycles. The molecule has 0 saturated heterocycles. The van der Waals surface area contributed by atoms with Crippen molar-refractivity contribution in [3.8, 4) is 0 Å². The highest BCUT2D eigenvalue weighted by Gasteiger charge is 2.29. The average Bonchev–Trinajstić information content (AvgIpc) is 3.42. The van der Waals surface area contributed by atoms with Crippen LogP contribution in [0.4, 0.5) is 14.9 Å². The third-order valence-electron chi connectivity index (χ3n) is 5.64. The quantitative estimate of drug-likeness (QED) is 0.656. The Kier molecular flexibility index (Phi) is 5.63. The molecule has 156 valence electrons. The first kappa shape index (κ1) is 20.7. The summed E-state index contributed by atoms with van der Waals surface area (Å²) in [4.78, 5) is 12.8. The van der Waals surface area contributed by atoms with E-state index in [1.165, 1.54) is 11.3 Å². The van der Waals surface area contributed by atoms with Crippen LogP contribution in [0.15, 0.2) is 20.0 Å². The van der Waals surface area contributed by atoms with Crippen molar-refractivity contribution in [1.29, 1.82) is 0 Å². The first-order valence-electron chi connectivity index (χ1n) is 9.90. The Labute approximate surface area is 177 Å². The van der Waals surface area contributed by atoms with Gasteiger partial charge in [0.15, 0.2) is 0 Å². The van der Waals surface area contributed by atoms with Gasteiger partial charge in [-0.05, 0) is 98.7 Å². The number of urea groups is 1. The minimum atomic E-state index is -0.936. The van der Waals surface area contributed by atoms with E-state index < -0.39 is 22.5 Å². The molecule has 0 bridgehead atoms. The maximum Gasteiger partial charge on any atom is 0.352 e. The number of nitrogens with one attached hydrogen (secondary N) is 2. The summed E-state index contributed by atoms with van der Waals surface area (Å²) >= 11 is 1.47. The van der Waals surface area contributed by atoms with Crippen molar-refractivity contribution in [2.24, 2.45) is 4.36 Å². The predicted molar refractivity (Wildman–Crippen MR) is 116 cm³/mol. The number of aliphatic hydroxyl groups is 1. The van der Waals surface area contributed by atoms with Crippen LogP contribution in [0, 0.1) is 5.82 Å². The molecule has 2 aromatic rings. The second kappa shape index (κ2) is 7.91. The highest BCUT2D eigenvalue weighted by Crippen LogP contribution is 2.41. The van der Waals surface area contributed by atoms with Gasteiger partial charge in [-0.15, -0.1) is 11.3 Å². The first-order valence-corrected chi connectivity index (χ1v) is 12.0. The molecule has 29 heavy (non-hydrogen) atoms. The molecule has 0 saturated carbocycles. The summed E-state index contributed by atoms with van der Waals surface area (Å²) in [5.41, 5.74) is 4.13. The molecule has 5 nitrogen and oxygen atoms in total. The van der Waals surface area contributed by atoms with E-state index in [1.54, 1.807) is 20.9 Å². The number of benzene rings is 1. The normalized spacial score (nSPS) is 16.7. The Balaban J connectivity index is 1.64. The molecule has 0 radical (unpaired) electrons. The Morgan fingerprint density at radius 1 is 1.17 bits per heavy atom. The van der Waals surface area contributed by atoms with Crippen LogP contribution in [-0.2, 0) is 42.2 Å². The van der Waals surface area contributed by atoms with Gasteiger partial charge in [-0.25, -0.2) is 9.18 Å². The van der Waals surface area contributed by atoms with Crippen molar-refractivity contribution < 1.29 is 14.3 Å². The minimum Gasteiger partial charge on any atom is -0.386 e. The second-order valence-electron chi connectivity index (χ2n) is 8.03. The summed E-state index contributed by atoms with van der Waals surface area (Å²) in [6.45, 7) is 3.46. The molecule has 0 aliphatic heterocycles. The number of carbonyl (C=O) groups is 1. The summed E-state index contributed by atoms with van der Waals surface area (Å²) in [5, 5.41) is 15.1. The summed E-state index contributed by atoms with van der Waals surface area (Å²) in [6, 6.07) is 1.46. The van der Waals surface area contributed by atoms with Crippen molar-refractivity contribution in [3.05, 3.63) is 45.1 Å². The lowest BCUT2D eigenvalue weighted by atomic mass is 9.98. The molecule has 1 heterocycles. The van der Waals surface area contributed by atoms with Gasteiger partial charge in [-0.1, -0.05) is 0 Å². The maximum absolute atomic E-state index is 14.8. The summed E-state index contributed by atoms with van der Waals surface area (Å²) in [5.74, 6) is -0.0485. The second-order valence-corrected chi connectivity index (χ2v) is 10.8. The standard InChI is InChI=1S/C21H26FN3O2S2/c1-21(2,27)12-10-17(28-11-12)29(23-3)25-20(26)24-19-15-8-4-6-13(15)18(22)14-7-5-9-16(14)19/h10-11,27H,4-9H2,1-3H3,(H2,23,24,25,26). The van der Waals surface area contributed by atoms with Crippen LogP contribution in [-0.4, -0.2) is 18.2 Å². The number of hydrogen-bond donors (Lipinski definition) is 3. The Morgan fingerprint density at radius 2 is 1.76 bits per heavy atom. The predicted octanol–water partition coefficient (Wildman–Crippen LogP) is 4.62. The lowest BCUT2D eigenvalue weighted by Gasteiger charge is -2.16. The molecule has 2 aliphatic rings. The molecule has 2 amide bonds. The van der Waals surface area contributed by atoms with Gasteiger partial charge < -0.3 is 10.4 Å². The molecule has 2 aliphatic carbocycles. The Morgan fingerprint density at radius 3 is 2.28 bits per heavy atom. The summed E-state index contributed by atoms with van der Waals surface area (Å²) in [7, 11) is 0.943. The molecular formula is C21H26FN3O2S2. The van der Waals surface area contributed by atoms with E-state index in [4.69, 9.17) is 0 Å². The average molecular weight is 436 g/mol. The van der Waals surface area contributed by atoms with E-state index >= 15 is 0 Å². The lowest BCUT2D eigenvalue weighted by molar-refractivity contribution is 0.0789. The number of amides is 2. The van der Waals surface area contributed by atoms with Gasteiger partial charge >= 0.3 is 6.03 Å². The van der Waals surface area contributed by atoms with E-state index in [0.717, 1.165) is 76.2 Å². The molecule has 3 N–H and O–H groups in total. The van der Waals surface area contributed by atoms with Crippen LogP contribution in [0.3, 0.4) is 0 Å². The van der Waals surface area contributed by atoms with Gasteiger partial charge in [0.05, 0.1) is 9.81 Å². The smallest absolute Gasteiger partial charge is 0.352 e. The monoisotopic (exact) mass is 435 g/mol. The van der Waals surface area contributed by atoms with Crippen LogP contribution in [0.1, 0.15) is 54.5 Å². The molecule has 1 aromatic heterocycles. The number of rotatable bonds is 4. The molecule has 8 heteroatoms. The van der Waals surface area contributed by atoms with E-state index in [-0.39, 0.29) is 5.82 Å². The maximum atomic E-state index is 14.8. The topological polar surface area (TPSA) is 73.7 Å². The zero-order chi connectivity index (χ0) is 20.8.